The monoisotopic (exact) mass is 197 g/mol. The van der Waals surface area contributed by atoms with Crippen molar-refractivity contribution < 1.29 is 11.3 Å². The predicted molar refractivity (Wildman–Crippen MR) is 62.5 cm³/mol. The van der Waals surface area contributed by atoms with Crippen molar-refractivity contribution in [1.82, 2.24) is 5.32 Å². The number of hydrogen-bond donors (Lipinski definition) is 2. The summed E-state index contributed by atoms with van der Waals surface area (Å²) in [6, 6.07) is 0. The molecule has 0 rings (SSSR count). The highest BCUT2D eigenvalue weighted by molar-refractivity contribution is 5.64. The zero-order valence-electron chi connectivity index (χ0n) is 8.33. The molecule has 0 aliphatic heterocycles. The van der Waals surface area contributed by atoms with Crippen LogP contribution >= 0.6 is 0 Å². The fourth-order valence-corrected chi connectivity index (χ4v) is 0.719. The molecule has 0 aromatic carbocycles. The summed E-state index contributed by atoms with van der Waals surface area (Å²) in [5, 5.41) is 10.5. The minimum Gasteiger partial charge on any atom is -0.465 e. The van der Waals surface area contributed by atoms with E-state index in [0.717, 1.165) is 5.57 Å². The molecule has 0 aromatic rings. The van der Waals surface area contributed by atoms with Gasteiger partial charge in [-0.2, -0.15) is 0 Å². The summed E-state index contributed by atoms with van der Waals surface area (Å²) >= 11 is 0. The number of hydrogen-bond acceptors (Lipinski definition) is 1. The lowest BCUT2D eigenvalue weighted by Crippen LogP contribution is -2.21. The number of carboxylic acid groups (broad SMARTS) is 1. The molecule has 0 aromatic heterocycles. The Morgan fingerprint density at radius 1 is 1.43 bits per heavy atom. The van der Waals surface area contributed by atoms with Crippen LogP contribution in [0.1, 0.15) is 7.85 Å². The van der Waals surface area contributed by atoms with E-state index in [1.165, 1.54) is 0 Å². The summed E-state index contributed by atoms with van der Waals surface area (Å²) in [7, 11) is 0. The van der Waals surface area contributed by atoms with Crippen LogP contribution in [0.4, 0.5) is 4.79 Å². The maximum Gasteiger partial charge on any atom is 0.404 e. The van der Waals surface area contributed by atoms with E-state index in [1.54, 1.807) is 18.2 Å². The van der Waals surface area contributed by atoms with Crippen LogP contribution in [-0.2, 0) is 0 Å². The molecule has 1 amide bonds. The third kappa shape index (κ3) is 10.2. The highest BCUT2D eigenvalue weighted by atomic mass is 16.4. The van der Waals surface area contributed by atoms with Crippen LogP contribution in [0.25, 0.3) is 0 Å². The summed E-state index contributed by atoms with van der Waals surface area (Å²) in [6.45, 7) is 13.5. The van der Waals surface area contributed by atoms with E-state index in [-0.39, 0.29) is 1.43 Å². The second-order valence-electron chi connectivity index (χ2n) is 2.16. The Morgan fingerprint density at radius 2 is 2.00 bits per heavy atom. The van der Waals surface area contributed by atoms with E-state index in [0.29, 0.717) is 13.0 Å². The van der Waals surface area contributed by atoms with Gasteiger partial charge in [-0.3, -0.25) is 0 Å². The lowest BCUT2D eigenvalue weighted by atomic mass is 10.2. The molecule has 0 bridgehead atoms. The van der Waals surface area contributed by atoms with Crippen LogP contribution in [0.3, 0.4) is 0 Å². The van der Waals surface area contributed by atoms with Gasteiger partial charge < -0.3 is 10.4 Å². The molecule has 0 radical (unpaired) electrons. The molecule has 0 saturated heterocycles. The van der Waals surface area contributed by atoms with E-state index in [1.807, 2.05) is 0 Å². The number of rotatable bonds is 5. The summed E-state index contributed by atoms with van der Waals surface area (Å²) in [6.07, 6.45) is 4.78. The van der Waals surface area contributed by atoms with Gasteiger partial charge in [-0.1, -0.05) is 31.4 Å². The Kier molecular flexibility index (Phi) is 11.8. The highest BCUT2D eigenvalue weighted by Gasteiger charge is 1.94. The second-order valence-corrected chi connectivity index (χ2v) is 2.16. The Morgan fingerprint density at radius 3 is 2.36 bits per heavy atom. The van der Waals surface area contributed by atoms with Crippen molar-refractivity contribution >= 4 is 6.09 Å². The average Bonchev–Trinajstić information content (AvgIpc) is 2.19. The van der Waals surface area contributed by atoms with Crippen LogP contribution in [0, 0.1) is 0 Å². The molecule has 0 spiro atoms. The third-order valence-corrected chi connectivity index (χ3v) is 1.28. The molecule has 0 aliphatic carbocycles. The van der Waals surface area contributed by atoms with E-state index in [2.05, 4.69) is 31.6 Å². The SMILES string of the molecule is C=C.C=C/C=C(\C=C)CCNC(=O)O.[HH]. The molecular formula is C11H19NO2. The lowest BCUT2D eigenvalue weighted by molar-refractivity contribution is 0.194. The Balaban J connectivity index is -0.000000449. The molecule has 14 heavy (non-hydrogen) atoms. The molecule has 3 heteroatoms. The van der Waals surface area contributed by atoms with Gasteiger partial charge in [-0.25, -0.2) is 4.79 Å². The van der Waals surface area contributed by atoms with Crippen molar-refractivity contribution in [3.63, 3.8) is 0 Å². The Labute approximate surface area is 86.6 Å². The minimum absolute atomic E-state index is 0. The smallest absolute Gasteiger partial charge is 0.404 e. The first-order chi connectivity index (χ1) is 6.70. The topological polar surface area (TPSA) is 49.3 Å². The second kappa shape index (κ2) is 11.2. The first-order valence-corrected chi connectivity index (χ1v) is 4.11. The molecule has 80 valence electrons. The summed E-state index contributed by atoms with van der Waals surface area (Å²) < 4.78 is 0. The van der Waals surface area contributed by atoms with Gasteiger partial charge in [-0.15, -0.1) is 13.2 Å². The van der Waals surface area contributed by atoms with Crippen LogP contribution in [0.15, 0.2) is 50.1 Å². The number of allylic oxidation sites excluding steroid dienone is 3. The van der Waals surface area contributed by atoms with Crippen LogP contribution in [0.2, 0.25) is 0 Å². The molecule has 0 atom stereocenters. The zero-order valence-corrected chi connectivity index (χ0v) is 8.33. The van der Waals surface area contributed by atoms with E-state index < -0.39 is 6.09 Å². The fraction of sp³-hybridized carbons (Fsp3) is 0.182. The molecule has 0 fully saturated rings. The van der Waals surface area contributed by atoms with Gasteiger partial charge in [0.05, 0.1) is 0 Å². The van der Waals surface area contributed by atoms with Gasteiger partial charge in [0.1, 0.15) is 0 Å². The summed E-state index contributed by atoms with van der Waals surface area (Å²) in [4.78, 5) is 10.1. The molecule has 0 saturated carbocycles. The zero-order chi connectivity index (χ0) is 11.4. The molecule has 0 aliphatic rings. The Hall–Kier alpha value is -1.77. The van der Waals surface area contributed by atoms with E-state index in [4.69, 9.17) is 5.11 Å². The van der Waals surface area contributed by atoms with Crippen molar-refractivity contribution in [2.24, 2.45) is 0 Å². The Bertz CT molecular complexity index is 225. The van der Waals surface area contributed by atoms with Crippen molar-refractivity contribution in [1.29, 1.82) is 0 Å². The van der Waals surface area contributed by atoms with Gasteiger partial charge in [0, 0.05) is 7.97 Å². The maximum absolute atomic E-state index is 10.1. The van der Waals surface area contributed by atoms with Crippen LogP contribution < -0.4 is 5.32 Å². The van der Waals surface area contributed by atoms with E-state index in [9.17, 15) is 4.79 Å². The third-order valence-electron chi connectivity index (χ3n) is 1.28. The maximum atomic E-state index is 10.1. The highest BCUT2D eigenvalue weighted by Crippen LogP contribution is 2.00. The molecular weight excluding hydrogens is 178 g/mol. The van der Waals surface area contributed by atoms with Crippen LogP contribution in [0.5, 0.6) is 0 Å². The standard InChI is InChI=1S/C9H13NO2.C2H4.H2/c1-3-5-8(4-2)6-7-10-9(11)12;1-2;/h3-5,10H,1-2,6-7H2,(H,11,12);1-2H2;1H/b8-5+;;. The molecule has 0 unspecified atom stereocenters. The fourth-order valence-electron chi connectivity index (χ4n) is 0.719. The summed E-state index contributed by atoms with van der Waals surface area (Å²) in [5.41, 5.74) is 0.971. The van der Waals surface area contributed by atoms with Gasteiger partial charge >= 0.3 is 6.09 Å². The van der Waals surface area contributed by atoms with Gasteiger partial charge in [-0.05, 0) is 12.0 Å². The minimum atomic E-state index is -1.00. The largest absolute Gasteiger partial charge is 0.465 e. The lowest BCUT2D eigenvalue weighted by Gasteiger charge is -2.00. The van der Waals surface area contributed by atoms with Gasteiger partial charge in [0.15, 0.2) is 0 Å². The van der Waals surface area contributed by atoms with Crippen molar-refractivity contribution in [2.75, 3.05) is 6.54 Å². The first-order valence-electron chi connectivity index (χ1n) is 4.11. The van der Waals surface area contributed by atoms with Gasteiger partial charge in [0.25, 0.3) is 0 Å². The molecule has 2 N–H and O–H groups in total. The number of carbonyl (C=O) groups is 1. The van der Waals surface area contributed by atoms with Crippen molar-refractivity contribution in [3.8, 4) is 0 Å². The number of amides is 1. The quantitative estimate of drug-likeness (QED) is 0.526. The summed E-state index contributed by atoms with van der Waals surface area (Å²) in [5.74, 6) is 0. The molecule has 3 nitrogen and oxygen atoms in total. The van der Waals surface area contributed by atoms with E-state index >= 15 is 0 Å². The van der Waals surface area contributed by atoms with Crippen molar-refractivity contribution in [3.05, 3.63) is 50.1 Å². The average molecular weight is 197 g/mol. The molecule has 0 heterocycles. The van der Waals surface area contributed by atoms with Crippen LogP contribution in [-0.4, -0.2) is 17.7 Å². The predicted octanol–water partition coefficient (Wildman–Crippen LogP) is 2.99. The first kappa shape index (κ1) is 14.7. The van der Waals surface area contributed by atoms with Gasteiger partial charge in [0.2, 0.25) is 0 Å². The normalized spacial score (nSPS) is 9.29. The van der Waals surface area contributed by atoms with Crippen molar-refractivity contribution in [2.45, 2.75) is 6.42 Å². The number of nitrogens with one attached hydrogen (secondary N) is 1.